The average molecular weight is 305 g/mol. The molecule has 1 aromatic carbocycles. The monoisotopic (exact) mass is 305 g/mol. The number of likely N-dealkylation sites (tertiary alicyclic amines) is 1. The van der Waals surface area contributed by atoms with Crippen LogP contribution >= 0.6 is 12.2 Å². The minimum absolute atomic E-state index is 0.525. The molecule has 0 spiro atoms. The summed E-state index contributed by atoms with van der Waals surface area (Å²) in [5, 5.41) is 7.37. The van der Waals surface area contributed by atoms with Gasteiger partial charge < -0.3 is 10.6 Å². The molecule has 1 aliphatic heterocycles. The highest BCUT2D eigenvalue weighted by Gasteiger charge is 2.22. The molecule has 2 N–H and O–H groups in total. The highest BCUT2D eigenvalue weighted by atomic mass is 32.1. The number of rotatable bonds is 5. The highest BCUT2D eigenvalue weighted by Crippen LogP contribution is 2.18. The van der Waals surface area contributed by atoms with Crippen molar-refractivity contribution in [3.05, 3.63) is 35.9 Å². The van der Waals surface area contributed by atoms with E-state index >= 15 is 0 Å². The van der Waals surface area contributed by atoms with Crippen LogP contribution in [0.3, 0.4) is 0 Å². The van der Waals surface area contributed by atoms with Crippen LogP contribution in [0.1, 0.15) is 38.7 Å². The molecular weight excluding hydrogens is 278 g/mol. The molecule has 116 valence electrons. The van der Waals surface area contributed by atoms with Gasteiger partial charge in [-0.05, 0) is 51.0 Å². The molecule has 2 rings (SSSR count). The van der Waals surface area contributed by atoms with Crippen LogP contribution in [0.2, 0.25) is 0 Å². The van der Waals surface area contributed by atoms with E-state index in [2.05, 4.69) is 41.5 Å². The van der Waals surface area contributed by atoms with E-state index in [1.54, 1.807) is 0 Å². The molecule has 4 heteroatoms. The molecule has 0 amide bonds. The van der Waals surface area contributed by atoms with E-state index in [9.17, 15) is 0 Å². The van der Waals surface area contributed by atoms with Crippen molar-refractivity contribution >= 4 is 17.3 Å². The van der Waals surface area contributed by atoms with Gasteiger partial charge in [-0.1, -0.05) is 36.8 Å². The average Bonchev–Trinajstić information content (AvgIpc) is 2.52. The van der Waals surface area contributed by atoms with Crippen LogP contribution < -0.4 is 10.6 Å². The van der Waals surface area contributed by atoms with Crippen LogP contribution in [0, 0.1) is 0 Å². The predicted octanol–water partition coefficient (Wildman–Crippen LogP) is 2.91. The Hall–Kier alpha value is -1.13. The fourth-order valence-electron chi connectivity index (χ4n) is 2.97. The van der Waals surface area contributed by atoms with Gasteiger partial charge in [0.1, 0.15) is 0 Å². The standard InChI is InChI=1S/C17H27N3S/c1-14-8-6-7-11-20(14)15(2)12-18-17(21)19-13-16-9-4-3-5-10-16/h3-5,9-10,14-15H,6-8,11-13H2,1-2H3,(H2,18,19,21)/t14-,15-/m0/s1. The van der Waals surface area contributed by atoms with Gasteiger partial charge in [-0.25, -0.2) is 0 Å². The normalized spacial score (nSPS) is 20.8. The number of hydrogen-bond donors (Lipinski definition) is 2. The lowest BCUT2D eigenvalue weighted by Gasteiger charge is -2.38. The van der Waals surface area contributed by atoms with Crippen molar-refractivity contribution in [2.75, 3.05) is 13.1 Å². The molecule has 0 aromatic heterocycles. The third-order valence-electron chi connectivity index (χ3n) is 4.27. The molecule has 21 heavy (non-hydrogen) atoms. The Kier molecular flexibility index (Phi) is 6.46. The molecule has 0 unspecified atom stereocenters. The number of thiocarbonyl (C=S) groups is 1. The Labute approximate surface area is 134 Å². The molecule has 0 saturated carbocycles. The van der Waals surface area contributed by atoms with Gasteiger partial charge in [0.2, 0.25) is 0 Å². The first kappa shape index (κ1) is 16.2. The number of nitrogens with one attached hydrogen (secondary N) is 2. The van der Waals surface area contributed by atoms with Gasteiger partial charge in [-0.2, -0.15) is 0 Å². The summed E-state index contributed by atoms with van der Waals surface area (Å²) in [7, 11) is 0. The molecule has 1 aliphatic rings. The summed E-state index contributed by atoms with van der Waals surface area (Å²) in [6.07, 6.45) is 4.02. The van der Waals surface area contributed by atoms with Crippen molar-refractivity contribution in [3.8, 4) is 0 Å². The van der Waals surface area contributed by atoms with E-state index in [1.807, 2.05) is 18.2 Å². The minimum Gasteiger partial charge on any atom is -0.361 e. The van der Waals surface area contributed by atoms with E-state index < -0.39 is 0 Å². The Morgan fingerprint density at radius 3 is 2.76 bits per heavy atom. The van der Waals surface area contributed by atoms with Crippen LogP contribution in [0.15, 0.2) is 30.3 Å². The van der Waals surface area contributed by atoms with Crippen LogP contribution in [0.4, 0.5) is 0 Å². The zero-order valence-corrected chi connectivity index (χ0v) is 14.0. The van der Waals surface area contributed by atoms with Crippen molar-refractivity contribution in [1.29, 1.82) is 0 Å². The van der Waals surface area contributed by atoms with Crippen molar-refractivity contribution in [1.82, 2.24) is 15.5 Å². The number of hydrogen-bond acceptors (Lipinski definition) is 2. The van der Waals surface area contributed by atoms with Crippen molar-refractivity contribution in [2.45, 2.75) is 51.7 Å². The minimum atomic E-state index is 0.525. The fourth-order valence-corrected chi connectivity index (χ4v) is 3.13. The molecule has 0 bridgehead atoms. The van der Waals surface area contributed by atoms with Gasteiger partial charge in [-0.15, -0.1) is 0 Å². The van der Waals surface area contributed by atoms with Gasteiger partial charge in [0.15, 0.2) is 5.11 Å². The van der Waals surface area contributed by atoms with Crippen molar-refractivity contribution in [2.24, 2.45) is 0 Å². The predicted molar refractivity (Wildman–Crippen MR) is 93.4 cm³/mol. The SMILES string of the molecule is C[C@H]1CCCCN1[C@@H](C)CNC(=S)NCc1ccccc1. The Morgan fingerprint density at radius 2 is 2.05 bits per heavy atom. The maximum absolute atomic E-state index is 5.36. The lowest BCUT2D eigenvalue weighted by molar-refractivity contribution is 0.116. The van der Waals surface area contributed by atoms with Gasteiger partial charge in [0.05, 0.1) is 0 Å². The number of nitrogens with zero attached hydrogens (tertiary/aromatic N) is 1. The van der Waals surface area contributed by atoms with Crippen LogP contribution in [0.25, 0.3) is 0 Å². The zero-order valence-electron chi connectivity index (χ0n) is 13.1. The molecule has 0 radical (unpaired) electrons. The second-order valence-corrected chi connectivity index (χ2v) is 6.39. The van der Waals surface area contributed by atoms with E-state index in [1.165, 1.54) is 31.4 Å². The topological polar surface area (TPSA) is 27.3 Å². The fraction of sp³-hybridized carbons (Fsp3) is 0.588. The van der Waals surface area contributed by atoms with E-state index in [0.717, 1.165) is 18.2 Å². The van der Waals surface area contributed by atoms with Gasteiger partial charge in [-0.3, -0.25) is 4.90 Å². The summed E-state index contributed by atoms with van der Waals surface area (Å²) < 4.78 is 0. The summed E-state index contributed by atoms with van der Waals surface area (Å²) in [4.78, 5) is 2.59. The van der Waals surface area contributed by atoms with Gasteiger partial charge in [0, 0.05) is 25.2 Å². The van der Waals surface area contributed by atoms with Gasteiger partial charge >= 0.3 is 0 Å². The first-order valence-corrected chi connectivity index (χ1v) is 8.39. The maximum Gasteiger partial charge on any atom is 0.166 e. The number of piperidine rings is 1. The van der Waals surface area contributed by atoms with E-state index in [4.69, 9.17) is 12.2 Å². The van der Waals surface area contributed by atoms with Crippen LogP contribution in [-0.4, -0.2) is 35.2 Å². The summed E-state index contributed by atoms with van der Waals surface area (Å²) >= 11 is 5.36. The summed E-state index contributed by atoms with van der Waals surface area (Å²) in [6, 6.07) is 11.6. The highest BCUT2D eigenvalue weighted by molar-refractivity contribution is 7.80. The third kappa shape index (κ3) is 5.29. The van der Waals surface area contributed by atoms with Crippen LogP contribution in [-0.2, 0) is 6.54 Å². The molecular formula is C17H27N3S. The zero-order chi connectivity index (χ0) is 15.1. The molecule has 1 aromatic rings. The largest absolute Gasteiger partial charge is 0.361 e. The summed E-state index contributed by atoms with van der Waals surface area (Å²) in [5.74, 6) is 0. The molecule has 0 aliphatic carbocycles. The summed E-state index contributed by atoms with van der Waals surface area (Å²) in [6.45, 7) is 7.52. The second-order valence-electron chi connectivity index (χ2n) is 5.98. The molecule has 1 heterocycles. The lowest BCUT2D eigenvalue weighted by atomic mass is 10.0. The Morgan fingerprint density at radius 1 is 1.29 bits per heavy atom. The smallest absolute Gasteiger partial charge is 0.166 e. The molecule has 2 atom stereocenters. The molecule has 3 nitrogen and oxygen atoms in total. The Balaban J connectivity index is 1.68. The molecule has 1 fully saturated rings. The van der Waals surface area contributed by atoms with Crippen molar-refractivity contribution in [3.63, 3.8) is 0 Å². The molecule has 1 saturated heterocycles. The number of benzene rings is 1. The lowest BCUT2D eigenvalue weighted by Crippen LogP contribution is -2.49. The second kappa shape index (κ2) is 8.35. The first-order valence-electron chi connectivity index (χ1n) is 7.98. The quantitative estimate of drug-likeness (QED) is 0.818. The maximum atomic E-state index is 5.36. The Bertz CT molecular complexity index is 435. The van der Waals surface area contributed by atoms with E-state index in [0.29, 0.717) is 12.1 Å². The van der Waals surface area contributed by atoms with Gasteiger partial charge in [0.25, 0.3) is 0 Å². The first-order chi connectivity index (χ1) is 10.2. The van der Waals surface area contributed by atoms with Crippen molar-refractivity contribution < 1.29 is 0 Å². The van der Waals surface area contributed by atoms with E-state index in [-0.39, 0.29) is 0 Å². The summed E-state index contributed by atoms with van der Waals surface area (Å²) in [5.41, 5.74) is 1.25. The third-order valence-corrected chi connectivity index (χ3v) is 4.56. The van der Waals surface area contributed by atoms with Crippen LogP contribution in [0.5, 0.6) is 0 Å².